The number of carboxylic acids is 1. The molecule has 1 aliphatic rings. The maximum Gasteiger partial charge on any atom is 0.407 e. The third-order valence-corrected chi connectivity index (χ3v) is 6.23. The van der Waals surface area contributed by atoms with Gasteiger partial charge in [0.1, 0.15) is 12.6 Å². The summed E-state index contributed by atoms with van der Waals surface area (Å²) in [7, 11) is 0. The summed E-state index contributed by atoms with van der Waals surface area (Å²) >= 11 is 5.88. The second-order valence-corrected chi connectivity index (χ2v) is 8.73. The molecule has 0 heterocycles. The van der Waals surface area contributed by atoms with Crippen LogP contribution in [0.1, 0.15) is 47.2 Å². The number of halogens is 1. The van der Waals surface area contributed by atoms with E-state index < -0.39 is 24.0 Å². The van der Waals surface area contributed by atoms with E-state index in [1.165, 1.54) is 18.2 Å². The third kappa shape index (κ3) is 5.30. The number of carbonyl (C=O) groups excluding carboxylic acids is 2. The highest BCUT2D eigenvalue weighted by Crippen LogP contribution is 2.44. The van der Waals surface area contributed by atoms with Crippen molar-refractivity contribution in [1.82, 2.24) is 5.32 Å². The number of carbonyl (C=O) groups is 3. The van der Waals surface area contributed by atoms with Crippen molar-refractivity contribution in [3.8, 4) is 11.1 Å². The number of fused-ring (bicyclic) bond motifs is 3. The van der Waals surface area contributed by atoms with E-state index in [0.29, 0.717) is 12.8 Å². The molecule has 0 aliphatic heterocycles. The van der Waals surface area contributed by atoms with Gasteiger partial charge < -0.3 is 20.5 Å². The van der Waals surface area contributed by atoms with E-state index in [2.05, 4.69) is 22.8 Å². The number of carboxylic acid groups (broad SMARTS) is 1. The molecule has 7 nitrogen and oxygen atoms in total. The first-order valence-corrected chi connectivity index (χ1v) is 11.7. The summed E-state index contributed by atoms with van der Waals surface area (Å²) < 4.78 is 5.55. The van der Waals surface area contributed by atoms with Gasteiger partial charge >= 0.3 is 12.1 Å². The first-order chi connectivity index (χ1) is 16.9. The number of anilines is 1. The number of hydrogen-bond acceptors (Lipinski definition) is 4. The fourth-order valence-corrected chi connectivity index (χ4v) is 4.53. The zero-order valence-electron chi connectivity index (χ0n) is 19.1. The van der Waals surface area contributed by atoms with Gasteiger partial charge in [-0.25, -0.2) is 9.59 Å². The minimum atomic E-state index is -1.22. The van der Waals surface area contributed by atoms with Crippen molar-refractivity contribution in [2.45, 2.75) is 31.7 Å². The molecule has 0 aromatic heterocycles. The topological polar surface area (TPSA) is 105 Å². The number of amides is 2. The number of aromatic carboxylic acids is 1. The van der Waals surface area contributed by atoms with Gasteiger partial charge in [-0.1, -0.05) is 73.5 Å². The molecule has 3 aromatic rings. The quantitative estimate of drug-likeness (QED) is 0.375. The van der Waals surface area contributed by atoms with E-state index in [0.717, 1.165) is 22.3 Å². The van der Waals surface area contributed by atoms with Crippen molar-refractivity contribution in [1.29, 1.82) is 0 Å². The predicted octanol–water partition coefficient (Wildman–Crippen LogP) is 5.68. The summed E-state index contributed by atoms with van der Waals surface area (Å²) in [5.74, 6) is -1.86. The fraction of sp³-hybridized carbons (Fsp3) is 0.222. The maximum atomic E-state index is 12.9. The minimum Gasteiger partial charge on any atom is -0.478 e. The Labute approximate surface area is 208 Å². The van der Waals surface area contributed by atoms with Gasteiger partial charge in [0.2, 0.25) is 5.91 Å². The van der Waals surface area contributed by atoms with Gasteiger partial charge in [0.05, 0.1) is 11.3 Å². The number of hydrogen-bond donors (Lipinski definition) is 3. The summed E-state index contributed by atoms with van der Waals surface area (Å²) in [6.07, 6.45) is 0.259. The Hall–Kier alpha value is -3.84. The molecule has 180 valence electrons. The molecule has 0 radical (unpaired) electrons. The van der Waals surface area contributed by atoms with Crippen molar-refractivity contribution in [2.24, 2.45) is 0 Å². The standard InChI is InChI=1S/C27H25ClN2O5/c1-2-7-24(25(31)29-23-13-12-16(28)14-21(23)26(32)33)30-27(34)35-15-22-19-10-5-3-8-17(19)18-9-4-6-11-20(18)22/h3-6,8-14,22,24H,2,7,15H2,1H3,(H,29,31)(H,30,34)(H,32,33)/t24-/m0/s1. The van der Waals surface area contributed by atoms with Gasteiger partial charge in [-0.3, -0.25) is 4.79 Å². The van der Waals surface area contributed by atoms with Crippen LogP contribution in [0.15, 0.2) is 66.7 Å². The van der Waals surface area contributed by atoms with Gasteiger partial charge in [0, 0.05) is 10.9 Å². The molecule has 4 rings (SSSR count). The monoisotopic (exact) mass is 492 g/mol. The van der Waals surface area contributed by atoms with Gasteiger partial charge in [-0.05, 0) is 46.9 Å². The molecule has 0 fully saturated rings. The SMILES string of the molecule is CCC[C@H](NC(=O)OCC1c2ccccc2-c2ccccc21)C(=O)Nc1ccc(Cl)cc1C(=O)O. The lowest BCUT2D eigenvalue weighted by Crippen LogP contribution is -2.44. The zero-order valence-corrected chi connectivity index (χ0v) is 19.8. The smallest absolute Gasteiger partial charge is 0.407 e. The lowest BCUT2D eigenvalue weighted by Gasteiger charge is -2.20. The molecule has 0 unspecified atom stereocenters. The van der Waals surface area contributed by atoms with E-state index in [9.17, 15) is 19.5 Å². The van der Waals surface area contributed by atoms with Crippen LogP contribution in [0, 0.1) is 0 Å². The third-order valence-electron chi connectivity index (χ3n) is 6.00. The van der Waals surface area contributed by atoms with Crippen LogP contribution in [0.5, 0.6) is 0 Å². The van der Waals surface area contributed by atoms with Crippen LogP contribution >= 0.6 is 11.6 Å². The molecule has 3 N–H and O–H groups in total. The highest BCUT2D eigenvalue weighted by molar-refractivity contribution is 6.31. The Kier molecular flexibility index (Phi) is 7.36. The number of alkyl carbamates (subject to hydrolysis) is 1. The van der Waals surface area contributed by atoms with E-state index in [1.807, 2.05) is 43.3 Å². The molecule has 1 aliphatic carbocycles. The van der Waals surface area contributed by atoms with E-state index in [1.54, 1.807) is 0 Å². The Bertz CT molecular complexity index is 1230. The molecule has 35 heavy (non-hydrogen) atoms. The van der Waals surface area contributed by atoms with Gasteiger partial charge in [0.15, 0.2) is 0 Å². The highest BCUT2D eigenvalue weighted by Gasteiger charge is 2.30. The van der Waals surface area contributed by atoms with Crippen molar-refractivity contribution in [3.05, 3.63) is 88.4 Å². The average molecular weight is 493 g/mol. The molecule has 0 saturated heterocycles. The summed E-state index contributed by atoms with van der Waals surface area (Å²) in [5, 5.41) is 14.8. The van der Waals surface area contributed by atoms with Crippen molar-refractivity contribution < 1.29 is 24.2 Å². The van der Waals surface area contributed by atoms with Crippen LogP contribution in [-0.2, 0) is 9.53 Å². The second-order valence-electron chi connectivity index (χ2n) is 8.30. The first kappa shape index (κ1) is 24.3. The van der Waals surface area contributed by atoms with E-state index in [4.69, 9.17) is 16.3 Å². The molecule has 1 atom stereocenters. The summed E-state index contributed by atoms with van der Waals surface area (Å²) in [4.78, 5) is 37.1. The summed E-state index contributed by atoms with van der Waals surface area (Å²) in [6, 6.07) is 19.3. The zero-order chi connectivity index (χ0) is 24.9. The second kappa shape index (κ2) is 10.6. The molecule has 2 amide bonds. The first-order valence-electron chi connectivity index (χ1n) is 11.3. The minimum absolute atomic E-state index is 0.0983. The predicted molar refractivity (Wildman–Crippen MR) is 134 cm³/mol. The molecule has 0 saturated carbocycles. The lowest BCUT2D eigenvalue weighted by atomic mass is 9.98. The van der Waals surface area contributed by atoms with Crippen molar-refractivity contribution >= 4 is 35.3 Å². The van der Waals surface area contributed by atoms with Crippen LogP contribution in [0.4, 0.5) is 10.5 Å². The fourth-order valence-electron chi connectivity index (χ4n) is 4.36. The van der Waals surface area contributed by atoms with Crippen LogP contribution in [0.3, 0.4) is 0 Å². The van der Waals surface area contributed by atoms with Crippen molar-refractivity contribution in [3.63, 3.8) is 0 Å². The van der Waals surface area contributed by atoms with E-state index in [-0.39, 0.29) is 28.8 Å². The average Bonchev–Trinajstić information content (AvgIpc) is 3.17. The summed E-state index contributed by atoms with van der Waals surface area (Å²) in [6.45, 7) is 2.01. The molecule has 8 heteroatoms. The number of rotatable bonds is 8. The van der Waals surface area contributed by atoms with Crippen LogP contribution in [0.25, 0.3) is 11.1 Å². The number of ether oxygens (including phenoxy) is 1. The largest absolute Gasteiger partial charge is 0.478 e. The van der Waals surface area contributed by atoms with Crippen LogP contribution in [-0.4, -0.2) is 35.7 Å². The Balaban J connectivity index is 1.43. The lowest BCUT2D eigenvalue weighted by molar-refractivity contribution is -0.118. The van der Waals surface area contributed by atoms with Gasteiger partial charge in [-0.2, -0.15) is 0 Å². The maximum absolute atomic E-state index is 12.9. The Morgan fingerprint density at radius 1 is 1.00 bits per heavy atom. The summed E-state index contributed by atoms with van der Waals surface area (Å²) in [5.41, 5.74) is 4.39. The molecule has 3 aromatic carbocycles. The molecular formula is C27H25ClN2O5. The number of nitrogens with one attached hydrogen (secondary N) is 2. The highest BCUT2D eigenvalue weighted by atomic mass is 35.5. The Morgan fingerprint density at radius 3 is 2.23 bits per heavy atom. The van der Waals surface area contributed by atoms with Gasteiger partial charge in [-0.15, -0.1) is 0 Å². The van der Waals surface area contributed by atoms with Crippen LogP contribution in [0.2, 0.25) is 5.02 Å². The van der Waals surface area contributed by atoms with Gasteiger partial charge in [0.25, 0.3) is 0 Å². The Morgan fingerprint density at radius 2 is 1.63 bits per heavy atom. The van der Waals surface area contributed by atoms with Crippen LogP contribution < -0.4 is 10.6 Å². The molecule has 0 spiro atoms. The van der Waals surface area contributed by atoms with Crippen molar-refractivity contribution in [2.75, 3.05) is 11.9 Å². The number of benzene rings is 3. The molecular weight excluding hydrogens is 468 g/mol. The van der Waals surface area contributed by atoms with E-state index >= 15 is 0 Å². The normalized spacial score (nSPS) is 12.9. The molecule has 0 bridgehead atoms.